The second-order valence-corrected chi connectivity index (χ2v) is 5.86. The van der Waals surface area contributed by atoms with Crippen LogP contribution in [0.3, 0.4) is 0 Å². The van der Waals surface area contributed by atoms with Crippen LogP contribution in [-0.4, -0.2) is 17.6 Å². The van der Waals surface area contributed by atoms with Crippen LogP contribution in [0.25, 0.3) is 10.9 Å². The van der Waals surface area contributed by atoms with Crippen LogP contribution >= 0.6 is 15.9 Å². The number of nitrogens with one attached hydrogen (secondary N) is 1. The first-order valence-electron chi connectivity index (χ1n) is 7.26. The van der Waals surface area contributed by atoms with E-state index < -0.39 is 0 Å². The molecule has 0 aliphatic carbocycles. The van der Waals surface area contributed by atoms with Crippen LogP contribution in [0.1, 0.15) is 17.3 Å². The summed E-state index contributed by atoms with van der Waals surface area (Å²) >= 11 is 3.49. The molecule has 0 spiro atoms. The minimum absolute atomic E-state index is 0.308. The van der Waals surface area contributed by atoms with E-state index in [4.69, 9.17) is 4.74 Å². The number of halogens is 1. The maximum atomic E-state index is 11.7. The number of fused-ring (bicyclic) bond motifs is 1. The first kappa shape index (κ1) is 15.5. The Morgan fingerprint density at radius 3 is 2.70 bits per heavy atom. The predicted octanol–water partition coefficient (Wildman–Crippen LogP) is 4.92. The highest BCUT2D eigenvalue weighted by Crippen LogP contribution is 2.27. The van der Waals surface area contributed by atoms with Crippen molar-refractivity contribution in [2.45, 2.75) is 6.92 Å². The molecule has 0 atom stereocenters. The number of hydrogen-bond donors (Lipinski definition) is 1. The molecule has 0 amide bonds. The fourth-order valence-electron chi connectivity index (χ4n) is 2.29. The quantitative estimate of drug-likeness (QED) is 0.662. The average Bonchev–Trinajstić information content (AvgIpc) is 2.56. The highest BCUT2D eigenvalue weighted by Gasteiger charge is 2.07. The van der Waals surface area contributed by atoms with Crippen LogP contribution in [0.15, 0.2) is 59.2 Å². The van der Waals surface area contributed by atoms with Crippen molar-refractivity contribution in [2.75, 3.05) is 11.9 Å². The summed E-state index contributed by atoms with van der Waals surface area (Å²) in [5, 5.41) is 4.38. The van der Waals surface area contributed by atoms with Crippen LogP contribution in [0.2, 0.25) is 0 Å². The molecule has 0 saturated carbocycles. The van der Waals surface area contributed by atoms with E-state index in [-0.39, 0.29) is 5.97 Å². The molecule has 0 radical (unpaired) electrons. The Bertz CT molecular complexity index is 847. The zero-order valence-electron chi connectivity index (χ0n) is 12.5. The number of aromatic nitrogens is 1. The maximum absolute atomic E-state index is 11.7. The molecule has 1 heterocycles. The topological polar surface area (TPSA) is 51.2 Å². The van der Waals surface area contributed by atoms with Crippen molar-refractivity contribution in [3.8, 4) is 0 Å². The Hall–Kier alpha value is -2.40. The molecule has 1 aromatic heterocycles. The molecule has 0 aliphatic heterocycles. The minimum atomic E-state index is -0.308. The monoisotopic (exact) mass is 370 g/mol. The van der Waals surface area contributed by atoms with Crippen LogP contribution in [0.5, 0.6) is 0 Å². The Morgan fingerprint density at radius 1 is 1.17 bits per heavy atom. The van der Waals surface area contributed by atoms with E-state index in [1.54, 1.807) is 25.3 Å². The van der Waals surface area contributed by atoms with Crippen molar-refractivity contribution in [1.82, 2.24) is 4.98 Å². The van der Waals surface area contributed by atoms with E-state index in [0.29, 0.717) is 12.2 Å². The van der Waals surface area contributed by atoms with Gasteiger partial charge in [-0.1, -0.05) is 15.9 Å². The number of esters is 1. The van der Waals surface area contributed by atoms with Gasteiger partial charge in [-0.3, -0.25) is 4.98 Å². The summed E-state index contributed by atoms with van der Waals surface area (Å²) in [6.07, 6.45) is 1.77. The molecule has 4 nitrogen and oxygen atoms in total. The van der Waals surface area contributed by atoms with Gasteiger partial charge >= 0.3 is 5.97 Å². The van der Waals surface area contributed by atoms with Gasteiger partial charge in [0.25, 0.3) is 0 Å². The maximum Gasteiger partial charge on any atom is 0.338 e. The van der Waals surface area contributed by atoms with Crippen molar-refractivity contribution < 1.29 is 9.53 Å². The van der Waals surface area contributed by atoms with Gasteiger partial charge in [0.15, 0.2) is 0 Å². The lowest BCUT2D eigenvalue weighted by atomic mass is 10.1. The Morgan fingerprint density at radius 2 is 1.96 bits per heavy atom. The van der Waals surface area contributed by atoms with Gasteiger partial charge in [0, 0.05) is 27.4 Å². The first-order chi connectivity index (χ1) is 11.2. The standard InChI is InChI=1S/C18H15BrN2O2/c1-2-23-18(22)12-3-6-14(7-4-12)21-17-9-10-20-16-8-5-13(19)11-15(16)17/h3-11H,2H2,1H3,(H,20,21). The Kier molecular flexibility index (Phi) is 4.57. The molecule has 0 saturated heterocycles. The largest absolute Gasteiger partial charge is 0.462 e. The SMILES string of the molecule is CCOC(=O)c1ccc(Nc2ccnc3ccc(Br)cc23)cc1. The predicted molar refractivity (Wildman–Crippen MR) is 95.1 cm³/mol. The summed E-state index contributed by atoms with van der Waals surface area (Å²) in [4.78, 5) is 16.0. The van der Waals surface area contributed by atoms with Crippen LogP contribution in [0.4, 0.5) is 11.4 Å². The van der Waals surface area contributed by atoms with E-state index >= 15 is 0 Å². The second-order valence-electron chi connectivity index (χ2n) is 4.94. The summed E-state index contributed by atoms with van der Waals surface area (Å²) < 4.78 is 5.98. The lowest BCUT2D eigenvalue weighted by Crippen LogP contribution is -2.04. The highest BCUT2D eigenvalue weighted by atomic mass is 79.9. The van der Waals surface area contributed by atoms with E-state index in [9.17, 15) is 4.79 Å². The van der Waals surface area contributed by atoms with E-state index in [1.807, 2.05) is 36.4 Å². The highest BCUT2D eigenvalue weighted by molar-refractivity contribution is 9.10. The van der Waals surface area contributed by atoms with E-state index in [0.717, 1.165) is 26.8 Å². The van der Waals surface area contributed by atoms with Gasteiger partial charge in [0.1, 0.15) is 0 Å². The number of hydrogen-bond acceptors (Lipinski definition) is 4. The van der Waals surface area contributed by atoms with Gasteiger partial charge in [-0.2, -0.15) is 0 Å². The molecule has 3 rings (SSSR count). The zero-order chi connectivity index (χ0) is 16.2. The van der Waals surface area contributed by atoms with Crippen LogP contribution in [0, 0.1) is 0 Å². The number of pyridine rings is 1. The number of carbonyl (C=O) groups excluding carboxylic acids is 1. The number of ether oxygens (including phenoxy) is 1. The number of rotatable bonds is 4. The molecule has 0 unspecified atom stereocenters. The molecule has 2 aromatic carbocycles. The van der Waals surface area contributed by atoms with Gasteiger partial charge < -0.3 is 10.1 Å². The van der Waals surface area contributed by atoms with Crippen molar-refractivity contribution in [3.63, 3.8) is 0 Å². The van der Waals surface area contributed by atoms with Gasteiger partial charge in [0.2, 0.25) is 0 Å². The molecular weight excluding hydrogens is 356 g/mol. The average molecular weight is 371 g/mol. The molecule has 116 valence electrons. The Labute approximate surface area is 142 Å². The molecule has 0 aliphatic rings. The van der Waals surface area contributed by atoms with Crippen LogP contribution in [-0.2, 0) is 4.74 Å². The van der Waals surface area contributed by atoms with Crippen molar-refractivity contribution in [3.05, 3.63) is 64.8 Å². The second kappa shape index (κ2) is 6.79. The molecule has 23 heavy (non-hydrogen) atoms. The number of anilines is 2. The van der Waals surface area contributed by atoms with Crippen LogP contribution < -0.4 is 5.32 Å². The third kappa shape index (κ3) is 3.51. The van der Waals surface area contributed by atoms with Crippen molar-refractivity contribution in [1.29, 1.82) is 0 Å². The molecule has 5 heteroatoms. The summed E-state index contributed by atoms with van der Waals surface area (Å²) in [5.74, 6) is -0.308. The fraction of sp³-hybridized carbons (Fsp3) is 0.111. The van der Waals surface area contributed by atoms with Gasteiger partial charge in [-0.15, -0.1) is 0 Å². The summed E-state index contributed by atoms with van der Waals surface area (Å²) in [6.45, 7) is 2.16. The molecule has 1 N–H and O–H groups in total. The summed E-state index contributed by atoms with van der Waals surface area (Å²) in [7, 11) is 0. The number of carbonyl (C=O) groups is 1. The minimum Gasteiger partial charge on any atom is -0.462 e. The van der Waals surface area contributed by atoms with Gasteiger partial charge in [0.05, 0.1) is 17.7 Å². The molecule has 3 aromatic rings. The summed E-state index contributed by atoms with van der Waals surface area (Å²) in [5.41, 5.74) is 3.31. The van der Waals surface area contributed by atoms with Gasteiger partial charge in [-0.05, 0) is 55.5 Å². The first-order valence-corrected chi connectivity index (χ1v) is 8.05. The molecular formula is C18H15BrN2O2. The van der Waals surface area contributed by atoms with Crippen molar-refractivity contribution in [2.24, 2.45) is 0 Å². The smallest absolute Gasteiger partial charge is 0.338 e. The normalized spacial score (nSPS) is 10.5. The zero-order valence-corrected chi connectivity index (χ0v) is 14.1. The van der Waals surface area contributed by atoms with Crippen molar-refractivity contribution >= 4 is 44.2 Å². The van der Waals surface area contributed by atoms with E-state index in [2.05, 4.69) is 26.2 Å². The third-order valence-electron chi connectivity index (χ3n) is 3.38. The van der Waals surface area contributed by atoms with E-state index in [1.165, 1.54) is 0 Å². The molecule has 0 bridgehead atoms. The summed E-state index contributed by atoms with van der Waals surface area (Å²) in [6, 6.07) is 15.1. The lowest BCUT2D eigenvalue weighted by molar-refractivity contribution is 0.0526. The number of nitrogens with zero attached hydrogens (tertiary/aromatic N) is 1. The lowest BCUT2D eigenvalue weighted by Gasteiger charge is -2.10. The number of benzene rings is 2. The molecule has 0 fully saturated rings. The Balaban J connectivity index is 1.87. The third-order valence-corrected chi connectivity index (χ3v) is 3.87. The van der Waals surface area contributed by atoms with Gasteiger partial charge in [-0.25, -0.2) is 4.79 Å². The fourth-order valence-corrected chi connectivity index (χ4v) is 2.65.